The van der Waals surface area contributed by atoms with E-state index >= 15 is 0 Å². The first-order valence-electron chi connectivity index (χ1n) is 47.2. The highest BCUT2D eigenvalue weighted by molar-refractivity contribution is 6.32. The van der Waals surface area contributed by atoms with Crippen LogP contribution < -0.4 is 0 Å². The van der Waals surface area contributed by atoms with Crippen LogP contribution in [0.15, 0.2) is 256 Å². The van der Waals surface area contributed by atoms with Gasteiger partial charge in [-0.1, -0.05) is 214 Å². The molecular weight excluding hydrogens is 1960 g/mol. The Morgan fingerprint density at radius 2 is 0.528 bits per heavy atom. The molecule has 8 aliphatic rings. The third kappa shape index (κ3) is 21.3. The van der Waals surface area contributed by atoms with Gasteiger partial charge in [0.1, 0.15) is 0 Å². The van der Waals surface area contributed by atoms with Gasteiger partial charge in [0.15, 0.2) is 22.9 Å². The fourth-order valence-electron chi connectivity index (χ4n) is 20.3. The van der Waals surface area contributed by atoms with Gasteiger partial charge in [0, 0.05) is 112 Å². The van der Waals surface area contributed by atoms with Crippen LogP contribution in [0.1, 0.15) is 250 Å². The maximum Gasteiger partial charge on any atom is 0.257 e. The summed E-state index contributed by atoms with van der Waals surface area (Å²) in [5.74, 6) is -0.788. The minimum atomic E-state index is -1.27. The monoisotopic (exact) mass is 2070 g/mol. The van der Waals surface area contributed by atoms with Crippen LogP contribution in [0.5, 0.6) is 0 Å². The minimum absolute atomic E-state index is 0.159. The molecule has 0 bridgehead atoms. The summed E-state index contributed by atoms with van der Waals surface area (Å²) in [6.45, 7) is 19.4. The van der Waals surface area contributed by atoms with Crippen LogP contribution in [0.2, 0.25) is 40.2 Å². The van der Waals surface area contributed by atoms with E-state index in [0.717, 1.165) is 55.7 Å². The normalized spacial score (nSPS) is 23.7. The zero-order chi connectivity index (χ0) is 101. The van der Waals surface area contributed by atoms with E-state index in [1.165, 1.54) is 0 Å². The van der Waals surface area contributed by atoms with Crippen LogP contribution in [0, 0.1) is 0 Å². The molecule has 4 amide bonds. The van der Waals surface area contributed by atoms with Crippen molar-refractivity contribution in [2.45, 2.75) is 228 Å². The lowest BCUT2D eigenvalue weighted by Crippen LogP contribution is -2.48. The van der Waals surface area contributed by atoms with Gasteiger partial charge in [0.05, 0.1) is 129 Å². The quantitative estimate of drug-likeness (QED) is 0.0328. The predicted octanol–water partition coefficient (Wildman–Crippen LogP) is 23.2. The molecule has 6 N–H and O–H groups in total. The highest BCUT2D eigenvalue weighted by Gasteiger charge is 2.60. The summed E-state index contributed by atoms with van der Waals surface area (Å²) >= 11 is 49.2. The summed E-state index contributed by atoms with van der Waals surface area (Å²) in [6, 6.07) is 66.0. The van der Waals surface area contributed by atoms with Gasteiger partial charge in [-0.15, -0.1) is 0 Å². The number of carbonyl (C=O) groups excluding carboxylic acids is 4. The lowest BCUT2D eigenvalue weighted by molar-refractivity contribution is -0.148. The molecule has 8 heterocycles. The Morgan fingerprint density at radius 1 is 0.317 bits per heavy atom. The molecule has 0 saturated heterocycles. The molecule has 22 nitrogen and oxygen atoms in total. The van der Waals surface area contributed by atoms with Crippen LogP contribution in [-0.4, -0.2) is 143 Å². The largest absolute Gasteiger partial charge is 0.393 e. The summed E-state index contributed by atoms with van der Waals surface area (Å²) in [5.41, 5.74) is 8.20. The Kier molecular flexibility index (Phi) is 30.8. The molecule has 12 aromatic rings. The highest BCUT2D eigenvalue weighted by Crippen LogP contribution is 2.56. The van der Waals surface area contributed by atoms with E-state index in [-0.39, 0.29) is 74.2 Å². The summed E-state index contributed by atoms with van der Waals surface area (Å²) < 4.78 is 27.5. The van der Waals surface area contributed by atoms with Crippen molar-refractivity contribution in [1.29, 1.82) is 0 Å². The summed E-state index contributed by atoms with van der Waals surface area (Å²) in [4.78, 5) is 80.8. The molecule has 4 aromatic heterocycles. The number of aliphatic hydroxyl groups excluding tert-OH is 4. The molecule has 4 aliphatic heterocycles. The van der Waals surface area contributed by atoms with Gasteiger partial charge in [-0.05, 0) is 262 Å². The Bertz CT molecular complexity index is 6300. The Balaban J connectivity index is 0.000000130. The zero-order valence-electron chi connectivity index (χ0n) is 79.0. The number of aromatic nitrogens is 4. The van der Waals surface area contributed by atoms with Gasteiger partial charge in [-0.25, -0.2) is 0 Å². The van der Waals surface area contributed by atoms with Crippen molar-refractivity contribution in [3.8, 4) is 0 Å². The van der Waals surface area contributed by atoms with E-state index in [0.29, 0.717) is 185 Å². The molecule has 20 rings (SSSR count). The maximum absolute atomic E-state index is 14.1. The first kappa shape index (κ1) is 103. The highest BCUT2D eigenvalue weighted by atomic mass is 35.5. The third-order valence-electron chi connectivity index (χ3n) is 27.5. The number of hydrogen-bond donors (Lipinski definition) is 6. The van der Waals surface area contributed by atoms with Crippen LogP contribution in [0.3, 0.4) is 0 Å². The van der Waals surface area contributed by atoms with Crippen molar-refractivity contribution in [2.75, 3.05) is 0 Å². The van der Waals surface area contributed by atoms with Crippen molar-refractivity contribution in [1.82, 2.24) is 39.5 Å². The molecule has 4 fully saturated rings. The van der Waals surface area contributed by atoms with Gasteiger partial charge >= 0.3 is 0 Å². The lowest BCUT2D eigenvalue weighted by Gasteiger charge is -2.41. The third-order valence-corrected chi connectivity index (χ3v) is 29.4. The molecular formula is C112H108Cl8N8O14. The number of benzene rings is 8. The lowest BCUT2D eigenvalue weighted by atomic mass is 9.89. The molecule has 736 valence electrons. The first-order valence-corrected chi connectivity index (χ1v) is 50.3. The maximum atomic E-state index is 14.1. The Hall–Kier alpha value is -10.4. The van der Waals surface area contributed by atoms with E-state index < -0.39 is 58.5 Å². The molecule has 142 heavy (non-hydrogen) atoms. The van der Waals surface area contributed by atoms with Crippen LogP contribution >= 0.6 is 92.8 Å². The Labute approximate surface area is 865 Å². The van der Waals surface area contributed by atoms with Crippen molar-refractivity contribution < 1.29 is 68.8 Å². The van der Waals surface area contributed by atoms with Crippen molar-refractivity contribution in [2.24, 2.45) is 0 Å². The van der Waals surface area contributed by atoms with E-state index in [9.17, 15) is 49.8 Å². The van der Waals surface area contributed by atoms with Gasteiger partial charge < -0.3 is 49.6 Å². The number of halogens is 8. The fourth-order valence-corrected chi connectivity index (χ4v) is 21.2. The molecule has 8 aromatic carbocycles. The predicted molar refractivity (Wildman–Crippen MR) is 550 cm³/mol. The number of aliphatic hydroxyl groups is 6. The van der Waals surface area contributed by atoms with Crippen molar-refractivity contribution in [3.05, 3.63) is 408 Å². The number of amides is 4. The van der Waals surface area contributed by atoms with Gasteiger partial charge in [0.2, 0.25) is 0 Å². The van der Waals surface area contributed by atoms with Crippen LogP contribution in [-0.2, 0) is 79.2 Å². The second-order valence-corrected chi connectivity index (χ2v) is 42.1. The molecule has 0 spiro atoms. The van der Waals surface area contributed by atoms with Gasteiger partial charge in [-0.2, -0.15) is 0 Å². The standard InChI is InChI=1S/2C28H28Cl2N2O4.2C28H26Cl2N2O3/c2*1-27(2,35)18-5-12-25-24(13-18)26(34)32(16-21-9-8-20(30)15-31-21)28(25,17-3-6-19(29)7-4-17)36-23-11-10-22(33)14-23;2*1-17(2)18-3-12-26-25(13-18)27(34)32(16-22-9-8-21(30)15-31-22)28(26,19-4-6-20(29)7-5-19)35-24-11-10-23(33)14-24/h2*3-9,12-13,15,22-23,33,35H,10-11,14,16H2,1-2H3;2*3-9,12-13,15,23-24,33H,1,10-11,14,16H2,2H3/t22-,23-,28+;22-,23-,28-;;/m01../s1. The number of carbonyl (C=O) groups is 4. The average Bonchev–Trinajstić information content (AvgIpc) is 1.55. The topological polar surface area (TPSA) is 291 Å². The smallest absolute Gasteiger partial charge is 0.257 e. The van der Waals surface area contributed by atoms with Crippen LogP contribution in [0.25, 0.3) is 11.1 Å². The number of ether oxygens (including phenoxy) is 4. The number of pyridine rings is 4. The second-order valence-electron chi connectivity index (χ2n) is 38.6. The molecule has 30 heteroatoms. The number of allylic oxidation sites excluding steroid dienone is 2. The van der Waals surface area contributed by atoms with Gasteiger partial charge in [-0.3, -0.25) is 58.7 Å². The molecule has 0 radical (unpaired) electrons. The van der Waals surface area contributed by atoms with E-state index in [1.807, 2.05) is 135 Å². The van der Waals surface area contributed by atoms with E-state index in [4.69, 9.17) is 112 Å². The number of hydrogen-bond acceptors (Lipinski definition) is 18. The average molecular weight is 2070 g/mol. The molecule has 4 aliphatic carbocycles. The number of rotatable bonds is 24. The van der Waals surface area contributed by atoms with Crippen LogP contribution in [0.4, 0.5) is 0 Å². The molecule has 4 saturated carbocycles. The number of nitrogens with zero attached hydrogens (tertiary/aromatic N) is 8. The second kappa shape index (κ2) is 42.4. The Morgan fingerprint density at radius 3 is 0.718 bits per heavy atom. The fraction of sp³-hybridized carbons (Fsp3) is 0.321. The molecule has 12 atom stereocenters. The van der Waals surface area contributed by atoms with Gasteiger partial charge in [0.25, 0.3) is 23.6 Å². The van der Waals surface area contributed by atoms with E-state index in [2.05, 4.69) is 33.1 Å². The van der Waals surface area contributed by atoms with Crippen molar-refractivity contribution >= 4 is 128 Å². The molecule has 6 unspecified atom stereocenters. The van der Waals surface area contributed by atoms with E-state index in [1.54, 1.807) is 169 Å². The minimum Gasteiger partial charge on any atom is -0.393 e. The summed E-state index contributed by atoms with van der Waals surface area (Å²) in [7, 11) is 0. The zero-order valence-corrected chi connectivity index (χ0v) is 85.0. The number of fused-ring (bicyclic) bond motifs is 4. The summed E-state index contributed by atoms with van der Waals surface area (Å²) in [5, 5.41) is 66.6. The first-order chi connectivity index (χ1) is 67.7. The summed E-state index contributed by atoms with van der Waals surface area (Å²) in [6.07, 6.45) is 10.9. The van der Waals surface area contributed by atoms with Crippen molar-refractivity contribution in [3.63, 3.8) is 0 Å². The SMILES string of the molecule is C=C(C)c1ccc2c(c1)C(=O)N(Cc1ccc(Cl)cn1)C2(OC1CCC(O)C1)c1ccc(Cl)cc1.C=C(C)c1ccc2c(c1)C(=O)N(Cc1ccc(Cl)cn1)C2(OC1CCC(O)C1)c1ccc(Cl)cc1.CC(C)(O)c1ccc2c(c1)C(=O)N(Cc1ccc(Cl)cn1)[C@@]2(O[C@@H]1CC[C@@H](O)C1)c1ccc(Cl)cc1.CC(C)(O)c1ccc2c(c1)C(=O)N(Cc1ccc(Cl)cn1)[C@@]2(O[C@H]1CC[C@H](O)C1)c1ccc(Cl)cc1.